The van der Waals surface area contributed by atoms with Gasteiger partial charge in [-0.15, -0.1) is 0 Å². The molecule has 0 aromatic heterocycles. The van der Waals surface area contributed by atoms with E-state index in [0.29, 0.717) is 24.7 Å². The van der Waals surface area contributed by atoms with Crippen molar-refractivity contribution in [2.75, 3.05) is 0 Å². The van der Waals surface area contributed by atoms with Crippen molar-refractivity contribution in [3.63, 3.8) is 0 Å². The number of hydrogen-bond donors (Lipinski definition) is 2. The summed E-state index contributed by atoms with van der Waals surface area (Å²) < 4.78 is 5.80. The van der Waals surface area contributed by atoms with Crippen molar-refractivity contribution >= 4 is 11.9 Å². The van der Waals surface area contributed by atoms with E-state index in [9.17, 15) is 19.8 Å². The molecule has 0 amide bonds. The first kappa shape index (κ1) is 21.6. The van der Waals surface area contributed by atoms with E-state index in [1.165, 1.54) is 0 Å². The van der Waals surface area contributed by atoms with Gasteiger partial charge in [0.2, 0.25) is 0 Å². The third kappa shape index (κ3) is 4.90. The number of carbonyl (C=O) groups excluding carboxylic acids is 1. The number of esters is 1. The standard InChI is InChI=1S/C23H38O5/c1-23(2,15-7-11-17(24)12-8-15)16-9-13-18(14-10-16)28-22(27)20-6-4-3-5-19(20)21(25)26/h15-20,24H,3-14H2,1-2H3,(H,25,26). The molecule has 2 N–H and O–H groups in total. The van der Waals surface area contributed by atoms with Gasteiger partial charge < -0.3 is 14.9 Å². The summed E-state index contributed by atoms with van der Waals surface area (Å²) in [6.45, 7) is 4.76. The van der Waals surface area contributed by atoms with Gasteiger partial charge in [-0.1, -0.05) is 26.7 Å². The van der Waals surface area contributed by atoms with Crippen LogP contribution in [0.5, 0.6) is 0 Å². The molecule has 3 aliphatic carbocycles. The van der Waals surface area contributed by atoms with Crippen molar-refractivity contribution in [2.45, 2.75) is 103 Å². The van der Waals surface area contributed by atoms with E-state index in [4.69, 9.17) is 4.74 Å². The number of ether oxygens (including phenoxy) is 1. The number of carboxylic acid groups (broad SMARTS) is 1. The summed E-state index contributed by atoms with van der Waals surface area (Å²) in [5.41, 5.74) is 0.257. The van der Waals surface area contributed by atoms with Crippen molar-refractivity contribution in [3.05, 3.63) is 0 Å². The van der Waals surface area contributed by atoms with Crippen molar-refractivity contribution < 1.29 is 24.5 Å². The van der Waals surface area contributed by atoms with Gasteiger partial charge in [0.15, 0.2) is 0 Å². The minimum absolute atomic E-state index is 0.0518. The summed E-state index contributed by atoms with van der Waals surface area (Å²) in [6, 6.07) is 0. The fourth-order valence-electron chi connectivity index (χ4n) is 6.04. The molecule has 3 fully saturated rings. The van der Waals surface area contributed by atoms with Gasteiger partial charge in [-0.3, -0.25) is 9.59 Å². The van der Waals surface area contributed by atoms with Crippen molar-refractivity contribution in [3.8, 4) is 0 Å². The Balaban J connectivity index is 1.49. The Hall–Kier alpha value is -1.10. The van der Waals surface area contributed by atoms with Crippen molar-refractivity contribution in [1.82, 2.24) is 0 Å². The van der Waals surface area contributed by atoms with Gasteiger partial charge in [0, 0.05) is 0 Å². The monoisotopic (exact) mass is 394 g/mol. The minimum atomic E-state index is -0.857. The second-order valence-electron chi connectivity index (χ2n) is 10.1. The summed E-state index contributed by atoms with van der Waals surface area (Å²) in [5, 5.41) is 19.2. The molecule has 0 aromatic rings. The first-order valence-corrected chi connectivity index (χ1v) is 11.4. The van der Waals surface area contributed by atoms with Gasteiger partial charge in [-0.2, -0.15) is 0 Å². The first-order valence-electron chi connectivity index (χ1n) is 11.4. The SMILES string of the molecule is CC(C)(C1CCC(O)CC1)C1CCC(OC(=O)C2CCCCC2C(=O)O)CC1. The topological polar surface area (TPSA) is 83.8 Å². The van der Waals surface area contributed by atoms with Crippen molar-refractivity contribution in [1.29, 1.82) is 0 Å². The van der Waals surface area contributed by atoms with E-state index >= 15 is 0 Å². The Morgan fingerprint density at radius 2 is 1.29 bits per heavy atom. The van der Waals surface area contributed by atoms with E-state index in [1.807, 2.05) is 0 Å². The van der Waals surface area contributed by atoms with Gasteiger partial charge in [-0.25, -0.2) is 0 Å². The lowest BCUT2D eigenvalue weighted by atomic mass is 9.60. The quantitative estimate of drug-likeness (QED) is 0.668. The van der Waals surface area contributed by atoms with Gasteiger partial charge in [-0.05, 0) is 81.5 Å². The molecule has 0 heterocycles. The van der Waals surface area contributed by atoms with E-state index in [0.717, 1.165) is 64.2 Å². The highest BCUT2D eigenvalue weighted by Gasteiger charge is 2.42. The number of carbonyl (C=O) groups is 2. The maximum atomic E-state index is 12.6. The maximum Gasteiger partial charge on any atom is 0.310 e. The molecule has 28 heavy (non-hydrogen) atoms. The zero-order valence-corrected chi connectivity index (χ0v) is 17.6. The Morgan fingerprint density at radius 1 is 0.786 bits per heavy atom. The number of carboxylic acids is 1. The Kier molecular flexibility index (Phi) is 7.06. The summed E-state index contributed by atoms with van der Waals surface area (Å²) in [7, 11) is 0. The molecule has 160 valence electrons. The molecule has 3 rings (SSSR count). The van der Waals surface area contributed by atoms with Crippen molar-refractivity contribution in [2.24, 2.45) is 29.1 Å². The maximum absolute atomic E-state index is 12.6. The van der Waals surface area contributed by atoms with Crippen LogP contribution in [0.15, 0.2) is 0 Å². The summed E-state index contributed by atoms with van der Waals surface area (Å²) in [6.07, 6.45) is 10.9. The molecule has 0 saturated heterocycles. The fourth-order valence-corrected chi connectivity index (χ4v) is 6.04. The van der Waals surface area contributed by atoms with E-state index in [-0.39, 0.29) is 23.6 Å². The molecule has 0 aliphatic heterocycles. The van der Waals surface area contributed by atoms with Crippen LogP contribution in [0, 0.1) is 29.1 Å². The van der Waals surface area contributed by atoms with Crippen LogP contribution in [0.4, 0.5) is 0 Å². The summed E-state index contributed by atoms with van der Waals surface area (Å²) in [4.78, 5) is 24.1. The second kappa shape index (κ2) is 9.15. The minimum Gasteiger partial charge on any atom is -0.481 e. The van der Waals surface area contributed by atoms with Crippen LogP contribution in [-0.4, -0.2) is 34.4 Å². The third-order valence-electron chi connectivity index (χ3n) is 8.14. The van der Waals surface area contributed by atoms with Gasteiger partial charge in [0.05, 0.1) is 17.9 Å². The number of hydrogen-bond acceptors (Lipinski definition) is 4. The molecule has 2 unspecified atom stereocenters. The van der Waals surface area contributed by atoms with E-state index in [2.05, 4.69) is 13.8 Å². The Labute approximate surface area is 169 Å². The lowest BCUT2D eigenvalue weighted by Crippen LogP contribution is -2.40. The van der Waals surface area contributed by atoms with E-state index in [1.54, 1.807) is 0 Å². The largest absolute Gasteiger partial charge is 0.481 e. The van der Waals surface area contributed by atoms with Crippen LogP contribution in [0.25, 0.3) is 0 Å². The van der Waals surface area contributed by atoms with Gasteiger partial charge in [0.25, 0.3) is 0 Å². The Morgan fingerprint density at radius 3 is 1.82 bits per heavy atom. The van der Waals surface area contributed by atoms with Crippen LogP contribution >= 0.6 is 0 Å². The molecule has 0 spiro atoms. The molecular formula is C23H38O5. The normalized spacial score (nSPS) is 37.2. The summed E-state index contributed by atoms with van der Waals surface area (Å²) in [5.74, 6) is -0.879. The van der Waals surface area contributed by atoms with Crippen LogP contribution < -0.4 is 0 Å². The lowest BCUT2D eigenvalue weighted by molar-refractivity contribution is -0.165. The highest BCUT2D eigenvalue weighted by atomic mass is 16.5. The van der Waals surface area contributed by atoms with Crippen LogP contribution in [-0.2, 0) is 14.3 Å². The van der Waals surface area contributed by atoms with E-state index < -0.39 is 17.8 Å². The van der Waals surface area contributed by atoms with Crippen LogP contribution in [0.3, 0.4) is 0 Å². The molecule has 5 heteroatoms. The predicted octanol–water partition coefficient (Wildman–Crippen LogP) is 4.56. The molecule has 2 atom stereocenters. The smallest absolute Gasteiger partial charge is 0.310 e. The number of aliphatic hydroxyl groups excluding tert-OH is 1. The number of aliphatic carboxylic acids is 1. The Bertz CT molecular complexity index is 541. The lowest BCUT2D eigenvalue weighted by Gasteiger charge is -2.46. The average molecular weight is 395 g/mol. The molecule has 0 aromatic carbocycles. The predicted molar refractivity (Wildman–Crippen MR) is 107 cm³/mol. The molecule has 0 radical (unpaired) electrons. The molecule has 3 saturated carbocycles. The molecule has 5 nitrogen and oxygen atoms in total. The zero-order chi connectivity index (χ0) is 20.3. The van der Waals surface area contributed by atoms with Gasteiger partial charge in [0.1, 0.15) is 6.10 Å². The summed E-state index contributed by atoms with van der Waals surface area (Å²) >= 11 is 0. The molecule has 3 aliphatic rings. The molecule has 0 bridgehead atoms. The first-order chi connectivity index (χ1) is 13.3. The molecular weight excluding hydrogens is 356 g/mol. The highest BCUT2D eigenvalue weighted by Crippen LogP contribution is 2.48. The zero-order valence-electron chi connectivity index (χ0n) is 17.6. The third-order valence-corrected chi connectivity index (χ3v) is 8.14. The van der Waals surface area contributed by atoms with Gasteiger partial charge >= 0.3 is 11.9 Å². The number of aliphatic hydroxyl groups is 1. The second-order valence-corrected chi connectivity index (χ2v) is 10.1. The average Bonchev–Trinajstić information content (AvgIpc) is 2.68. The van der Waals surface area contributed by atoms with Crippen LogP contribution in [0.1, 0.15) is 90.9 Å². The van der Waals surface area contributed by atoms with Crippen LogP contribution in [0.2, 0.25) is 0 Å². The highest BCUT2D eigenvalue weighted by molar-refractivity contribution is 5.81. The number of rotatable bonds is 5. The fraction of sp³-hybridized carbons (Fsp3) is 0.913.